The minimum atomic E-state index is 0.150. The van der Waals surface area contributed by atoms with Crippen molar-refractivity contribution in [2.24, 2.45) is 11.7 Å². The van der Waals surface area contributed by atoms with Crippen molar-refractivity contribution in [3.8, 4) is 0 Å². The SMILES string of the molecule is CC(N)c1ccc(SCC2CC2)cc1. The van der Waals surface area contributed by atoms with Crippen LogP contribution < -0.4 is 5.73 Å². The minimum absolute atomic E-state index is 0.150. The molecule has 0 saturated heterocycles. The first-order valence-corrected chi connectivity index (χ1v) is 6.22. The Bertz CT molecular complexity index is 288. The molecule has 0 aromatic heterocycles. The second-order valence-corrected chi connectivity index (χ2v) is 5.21. The Morgan fingerprint density at radius 1 is 1.36 bits per heavy atom. The lowest BCUT2D eigenvalue weighted by Crippen LogP contribution is -2.04. The number of thioether (sulfide) groups is 1. The first kappa shape index (κ1) is 10.1. The predicted molar refractivity (Wildman–Crippen MR) is 62.5 cm³/mol. The van der Waals surface area contributed by atoms with Crippen LogP contribution in [0.3, 0.4) is 0 Å². The monoisotopic (exact) mass is 207 g/mol. The van der Waals surface area contributed by atoms with Gasteiger partial charge in [0.05, 0.1) is 0 Å². The molecule has 0 heterocycles. The van der Waals surface area contributed by atoms with Gasteiger partial charge < -0.3 is 5.73 Å². The minimum Gasteiger partial charge on any atom is -0.324 e. The summed E-state index contributed by atoms with van der Waals surface area (Å²) < 4.78 is 0. The van der Waals surface area contributed by atoms with Gasteiger partial charge in [-0.25, -0.2) is 0 Å². The van der Waals surface area contributed by atoms with Crippen LogP contribution in [-0.4, -0.2) is 5.75 Å². The maximum Gasteiger partial charge on any atom is 0.0266 e. The standard InChI is InChI=1S/C12H17NS/c1-9(13)11-4-6-12(7-5-11)14-8-10-2-3-10/h4-7,9-10H,2-3,8,13H2,1H3. The van der Waals surface area contributed by atoms with Gasteiger partial charge in [-0.15, -0.1) is 11.8 Å². The van der Waals surface area contributed by atoms with Crippen LogP contribution in [0.4, 0.5) is 0 Å². The first-order valence-electron chi connectivity index (χ1n) is 5.24. The Hall–Kier alpha value is -0.470. The second-order valence-electron chi connectivity index (χ2n) is 4.11. The van der Waals surface area contributed by atoms with Crippen molar-refractivity contribution in [2.45, 2.75) is 30.7 Å². The van der Waals surface area contributed by atoms with E-state index in [1.807, 2.05) is 18.7 Å². The van der Waals surface area contributed by atoms with E-state index < -0.39 is 0 Å². The van der Waals surface area contributed by atoms with Gasteiger partial charge in [-0.3, -0.25) is 0 Å². The van der Waals surface area contributed by atoms with Crippen LogP contribution in [-0.2, 0) is 0 Å². The van der Waals surface area contributed by atoms with E-state index in [2.05, 4.69) is 24.3 Å². The molecule has 2 rings (SSSR count). The van der Waals surface area contributed by atoms with Gasteiger partial charge in [0.25, 0.3) is 0 Å². The first-order chi connectivity index (χ1) is 6.75. The van der Waals surface area contributed by atoms with E-state index in [1.54, 1.807) is 0 Å². The van der Waals surface area contributed by atoms with Crippen molar-refractivity contribution in [2.75, 3.05) is 5.75 Å². The molecule has 1 aliphatic carbocycles. The lowest BCUT2D eigenvalue weighted by Gasteiger charge is -2.06. The molecule has 0 spiro atoms. The summed E-state index contributed by atoms with van der Waals surface area (Å²) in [6, 6.07) is 8.80. The molecular weight excluding hydrogens is 190 g/mol. The lowest BCUT2D eigenvalue weighted by molar-refractivity contribution is 0.817. The second kappa shape index (κ2) is 4.37. The highest BCUT2D eigenvalue weighted by Crippen LogP contribution is 2.35. The predicted octanol–water partition coefficient (Wildman–Crippen LogP) is 3.21. The smallest absolute Gasteiger partial charge is 0.0266 e. The van der Waals surface area contributed by atoms with Crippen LogP contribution in [0.25, 0.3) is 0 Å². The Balaban J connectivity index is 1.91. The number of rotatable bonds is 4. The highest BCUT2D eigenvalue weighted by molar-refractivity contribution is 7.99. The molecule has 0 radical (unpaired) electrons. The summed E-state index contributed by atoms with van der Waals surface area (Å²) >= 11 is 1.97. The van der Waals surface area contributed by atoms with Gasteiger partial charge in [-0.1, -0.05) is 12.1 Å². The molecular formula is C12H17NS. The highest BCUT2D eigenvalue weighted by atomic mass is 32.2. The van der Waals surface area contributed by atoms with E-state index in [0.29, 0.717) is 0 Å². The van der Waals surface area contributed by atoms with Gasteiger partial charge in [0.15, 0.2) is 0 Å². The summed E-state index contributed by atoms with van der Waals surface area (Å²) in [6.07, 6.45) is 2.87. The van der Waals surface area contributed by atoms with Crippen molar-refractivity contribution >= 4 is 11.8 Å². The Morgan fingerprint density at radius 3 is 2.50 bits per heavy atom. The topological polar surface area (TPSA) is 26.0 Å². The summed E-state index contributed by atoms with van der Waals surface area (Å²) in [5.41, 5.74) is 7.01. The quantitative estimate of drug-likeness (QED) is 0.767. The van der Waals surface area contributed by atoms with E-state index >= 15 is 0 Å². The highest BCUT2D eigenvalue weighted by Gasteiger charge is 2.20. The fraction of sp³-hybridized carbons (Fsp3) is 0.500. The summed E-state index contributed by atoms with van der Waals surface area (Å²) in [7, 11) is 0. The largest absolute Gasteiger partial charge is 0.324 e. The lowest BCUT2D eigenvalue weighted by atomic mass is 10.1. The van der Waals surface area contributed by atoms with E-state index in [1.165, 1.54) is 29.1 Å². The Labute approximate surface area is 90.1 Å². The molecule has 0 aliphatic heterocycles. The van der Waals surface area contributed by atoms with Crippen molar-refractivity contribution < 1.29 is 0 Å². The molecule has 14 heavy (non-hydrogen) atoms. The zero-order chi connectivity index (χ0) is 9.97. The number of benzene rings is 1. The van der Waals surface area contributed by atoms with Crippen LogP contribution in [0.15, 0.2) is 29.2 Å². The summed E-state index contributed by atoms with van der Waals surface area (Å²) in [5.74, 6) is 2.28. The van der Waals surface area contributed by atoms with E-state index in [4.69, 9.17) is 5.73 Å². The van der Waals surface area contributed by atoms with Gasteiger partial charge >= 0.3 is 0 Å². The molecule has 0 amide bonds. The fourth-order valence-electron chi connectivity index (χ4n) is 1.37. The molecule has 1 saturated carbocycles. The molecule has 1 nitrogen and oxygen atoms in total. The normalized spacial score (nSPS) is 18.1. The van der Waals surface area contributed by atoms with Crippen LogP contribution >= 0.6 is 11.8 Å². The molecule has 1 atom stereocenters. The Morgan fingerprint density at radius 2 is 2.00 bits per heavy atom. The summed E-state index contributed by atoms with van der Waals surface area (Å²) in [5, 5.41) is 0. The van der Waals surface area contributed by atoms with Crippen LogP contribution in [0.5, 0.6) is 0 Å². The molecule has 2 N–H and O–H groups in total. The number of hydrogen-bond acceptors (Lipinski definition) is 2. The summed E-state index contributed by atoms with van der Waals surface area (Å²) in [6.45, 7) is 2.02. The average Bonchev–Trinajstić information content (AvgIpc) is 2.99. The molecule has 1 aromatic rings. The van der Waals surface area contributed by atoms with Crippen molar-refractivity contribution in [3.05, 3.63) is 29.8 Å². The van der Waals surface area contributed by atoms with Crippen LogP contribution in [0.2, 0.25) is 0 Å². The van der Waals surface area contributed by atoms with Crippen molar-refractivity contribution in [1.29, 1.82) is 0 Å². The molecule has 1 aromatic carbocycles. The van der Waals surface area contributed by atoms with Gasteiger partial charge in [0.1, 0.15) is 0 Å². The summed E-state index contributed by atoms with van der Waals surface area (Å²) in [4.78, 5) is 1.38. The maximum atomic E-state index is 5.79. The molecule has 1 aliphatic rings. The molecule has 76 valence electrons. The maximum absolute atomic E-state index is 5.79. The average molecular weight is 207 g/mol. The van der Waals surface area contributed by atoms with Gasteiger partial charge in [0.2, 0.25) is 0 Å². The van der Waals surface area contributed by atoms with Crippen molar-refractivity contribution in [3.63, 3.8) is 0 Å². The molecule has 2 heteroatoms. The van der Waals surface area contributed by atoms with Gasteiger partial charge in [-0.2, -0.15) is 0 Å². The third-order valence-electron chi connectivity index (χ3n) is 2.59. The Kier molecular flexibility index (Phi) is 3.14. The van der Waals surface area contributed by atoms with Gasteiger partial charge in [0, 0.05) is 16.7 Å². The van der Waals surface area contributed by atoms with Crippen LogP contribution in [0, 0.1) is 5.92 Å². The molecule has 1 unspecified atom stereocenters. The molecule has 1 fully saturated rings. The third kappa shape index (κ3) is 2.76. The van der Waals surface area contributed by atoms with E-state index in [-0.39, 0.29) is 6.04 Å². The van der Waals surface area contributed by atoms with E-state index in [9.17, 15) is 0 Å². The van der Waals surface area contributed by atoms with Gasteiger partial charge in [-0.05, 0) is 43.4 Å². The zero-order valence-electron chi connectivity index (χ0n) is 8.57. The van der Waals surface area contributed by atoms with E-state index in [0.717, 1.165) is 5.92 Å². The number of hydrogen-bond donors (Lipinski definition) is 1. The molecule has 0 bridgehead atoms. The zero-order valence-corrected chi connectivity index (χ0v) is 9.39. The van der Waals surface area contributed by atoms with Crippen LogP contribution in [0.1, 0.15) is 31.4 Å². The number of nitrogens with two attached hydrogens (primary N) is 1. The van der Waals surface area contributed by atoms with Crippen molar-refractivity contribution in [1.82, 2.24) is 0 Å². The third-order valence-corrected chi connectivity index (χ3v) is 3.83. The fourth-order valence-corrected chi connectivity index (χ4v) is 2.46.